The molecule has 1 aliphatic heterocycles. The number of Topliss-reactive ketones (excluding diaryl/α,β-unsaturated/α-hetero) is 1. The third-order valence-corrected chi connectivity index (χ3v) is 3.37. The Morgan fingerprint density at radius 3 is 2.94 bits per heavy atom. The highest BCUT2D eigenvalue weighted by molar-refractivity contribution is 5.86. The van der Waals surface area contributed by atoms with Crippen molar-refractivity contribution in [1.82, 2.24) is 0 Å². The normalized spacial score (nSPS) is 20.1. The van der Waals surface area contributed by atoms with Gasteiger partial charge in [-0.15, -0.1) is 0 Å². The van der Waals surface area contributed by atoms with Gasteiger partial charge >= 0.3 is 0 Å². The van der Waals surface area contributed by atoms with Crippen LogP contribution in [-0.2, 0) is 11.2 Å². The molecule has 86 valence electrons. The molecule has 1 aromatic rings. The highest BCUT2D eigenvalue weighted by Crippen LogP contribution is 2.33. The number of hydrogen-bond donors (Lipinski definition) is 0. The quantitative estimate of drug-likeness (QED) is 0.779. The van der Waals surface area contributed by atoms with Gasteiger partial charge in [0.1, 0.15) is 5.75 Å². The smallest absolute Gasteiger partial charge is 0.176 e. The Hall–Kier alpha value is -1.31. The first-order valence-electron chi connectivity index (χ1n) is 5.92. The summed E-state index contributed by atoms with van der Waals surface area (Å²) in [6.07, 6.45) is 1.36. The van der Waals surface area contributed by atoms with E-state index in [9.17, 15) is 4.79 Å². The van der Waals surface area contributed by atoms with Crippen molar-refractivity contribution in [3.8, 4) is 5.75 Å². The molecule has 16 heavy (non-hydrogen) atoms. The first-order chi connectivity index (χ1) is 7.63. The van der Waals surface area contributed by atoms with Crippen molar-refractivity contribution in [3.63, 3.8) is 0 Å². The summed E-state index contributed by atoms with van der Waals surface area (Å²) < 4.78 is 5.77. The van der Waals surface area contributed by atoms with Crippen molar-refractivity contribution < 1.29 is 9.53 Å². The number of para-hydroxylation sites is 1. The van der Waals surface area contributed by atoms with Crippen molar-refractivity contribution in [2.24, 2.45) is 5.92 Å². The van der Waals surface area contributed by atoms with Gasteiger partial charge in [-0.05, 0) is 24.5 Å². The number of hydrogen-bond acceptors (Lipinski definition) is 2. The van der Waals surface area contributed by atoms with E-state index >= 15 is 0 Å². The molecule has 0 bridgehead atoms. The summed E-state index contributed by atoms with van der Waals surface area (Å²) in [5.74, 6) is 1.25. The van der Waals surface area contributed by atoms with Gasteiger partial charge < -0.3 is 4.74 Å². The van der Waals surface area contributed by atoms with E-state index in [1.165, 1.54) is 5.56 Å². The van der Waals surface area contributed by atoms with Crippen LogP contribution < -0.4 is 4.74 Å². The van der Waals surface area contributed by atoms with Crippen LogP contribution in [-0.4, -0.2) is 11.9 Å². The Labute approximate surface area is 96.6 Å². The van der Waals surface area contributed by atoms with Crippen LogP contribution in [0, 0.1) is 12.8 Å². The van der Waals surface area contributed by atoms with E-state index in [4.69, 9.17) is 4.74 Å². The van der Waals surface area contributed by atoms with E-state index in [-0.39, 0.29) is 17.8 Å². The lowest BCUT2D eigenvalue weighted by molar-refractivity contribution is -0.128. The lowest BCUT2D eigenvalue weighted by Gasteiger charge is -2.14. The Kier molecular flexibility index (Phi) is 2.99. The first kappa shape index (κ1) is 11.2. The van der Waals surface area contributed by atoms with E-state index in [0.29, 0.717) is 0 Å². The Balaban J connectivity index is 2.17. The Morgan fingerprint density at radius 2 is 2.31 bits per heavy atom. The lowest BCUT2D eigenvalue weighted by Crippen LogP contribution is -2.30. The molecule has 1 heterocycles. The number of carbonyl (C=O) groups is 1. The molecule has 1 aromatic carbocycles. The van der Waals surface area contributed by atoms with E-state index in [1.54, 1.807) is 0 Å². The van der Waals surface area contributed by atoms with Crippen LogP contribution in [0.2, 0.25) is 0 Å². The molecule has 0 amide bonds. The molecule has 2 rings (SSSR count). The highest BCUT2D eigenvalue weighted by Gasteiger charge is 2.31. The van der Waals surface area contributed by atoms with E-state index in [2.05, 4.69) is 0 Å². The van der Waals surface area contributed by atoms with Gasteiger partial charge in [-0.3, -0.25) is 4.79 Å². The molecule has 0 radical (unpaired) electrons. The fourth-order valence-electron chi connectivity index (χ4n) is 2.10. The minimum absolute atomic E-state index is 0.0969. The molecule has 1 aliphatic rings. The standard InChI is InChI=1S/C14H18O2/c1-4-9(2)13(15)12-8-11-7-5-6-10(3)14(11)16-12/h5-7,9,12H,4,8H2,1-3H3. The zero-order chi connectivity index (χ0) is 11.7. The van der Waals surface area contributed by atoms with Gasteiger partial charge in [-0.1, -0.05) is 32.0 Å². The van der Waals surface area contributed by atoms with Crippen molar-refractivity contribution in [2.75, 3.05) is 0 Å². The molecular weight excluding hydrogens is 200 g/mol. The Morgan fingerprint density at radius 1 is 1.56 bits per heavy atom. The average molecular weight is 218 g/mol. The highest BCUT2D eigenvalue weighted by atomic mass is 16.5. The number of ether oxygens (including phenoxy) is 1. The maximum atomic E-state index is 12.0. The van der Waals surface area contributed by atoms with Crippen LogP contribution in [0.4, 0.5) is 0 Å². The number of benzene rings is 1. The van der Waals surface area contributed by atoms with Crippen molar-refractivity contribution >= 4 is 5.78 Å². The second kappa shape index (κ2) is 4.28. The minimum Gasteiger partial charge on any atom is -0.482 e. The summed E-state index contributed by atoms with van der Waals surface area (Å²) in [5.41, 5.74) is 2.29. The monoisotopic (exact) mass is 218 g/mol. The summed E-state index contributed by atoms with van der Waals surface area (Å²) in [7, 11) is 0. The van der Waals surface area contributed by atoms with Crippen LogP contribution in [0.1, 0.15) is 31.4 Å². The summed E-state index contributed by atoms with van der Waals surface area (Å²) in [5, 5.41) is 0. The second-order valence-electron chi connectivity index (χ2n) is 4.59. The van der Waals surface area contributed by atoms with Gasteiger partial charge in [-0.2, -0.15) is 0 Å². The zero-order valence-electron chi connectivity index (χ0n) is 10.1. The van der Waals surface area contributed by atoms with Crippen molar-refractivity contribution in [2.45, 2.75) is 39.7 Å². The molecule has 0 N–H and O–H groups in total. The zero-order valence-corrected chi connectivity index (χ0v) is 10.1. The van der Waals surface area contributed by atoms with Crippen molar-refractivity contribution in [1.29, 1.82) is 0 Å². The fourth-order valence-corrected chi connectivity index (χ4v) is 2.10. The minimum atomic E-state index is -0.258. The molecule has 0 spiro atoms. The first-order valence-corrected chi connectivity index (χ1v) is 5.92. The van der Waals surface area contributed by atoms with E-state index in [0.717, 1.165) is 24.2 Å². The molecular formula is C14H18O2. The summed E-state index contributed by atoms with van der Waals surface area (Å²) >= 11 is 0. The number of ketones is 1. The lowest BCUT2D eigenvalue weighted by atomic mass is 9.96. The van der Waals surface area contributed by atoms with Gasteiger partial charge in [0.15, 0.2) is 11.9 Å². The molecule has 2 nitrogen and oxygen atoms in total. The van der Waals surface area contributed by atoms with Crippen LogP contribution in [0.5, 0.6) is 5.75 Å². The molecule has 0 aliphatic carbocycles. The van der Waals surface area contributed by atoms with Crippen molar-refractivity contribution in [3.05, 3.63) is 29.3 Å². The van der Waals surface area contributed by atoms with Crippen LogP contribution in [0.15, 0.2) is 18.2 Å². The predicted molar refractivity (Wildman–Crippen MR) is 63.8 cm³/mol. The topological polar surface area (TPSA) is 26.3 Å². The van der Waals surface area contributed by atoms with E-state index in [1.807, 2.05) is 39.0 Å². The van der Waals surface area contributed by atoms with Gasteiger partial charge in [0, 0.05) is 12.3 Å². The molecule has 2 unspecified atom stereocenters. The van der Waals surface area contributed by atoms with Gasteiger partial charge in [0.2, 0.25) is 0 Å². The molecule has 2 atom stereocenters. The molecule has 0 saturated heterocycles. The summed E-state index contributed by atoms with van der Waals surface area (Å²) in [4.78, 5) is 12.0. The number of rotatable bonds is 3. The maximum absolute atomic E-state index is 12.0. The molecule has 2 heteroatoms. The molecule has 0 fully saturated rings. The van der Waals surface area contributed by atoms with Crippen LogP contribution in [0.3, 0.4) is 0 Å². The number of aryl methyl sites for hydroxylation is 1. The van der Waals surface area contributed by atoms with Crippen LogP contribution >= 0.6 is 0 Å². The molecule has 0 saturated carbocycles. The largest absolute Gasteiger partial charge is 0.482 e. The van der Waals surface area contributed by atoms with Gasteiger partial charge in [0.25, 0.3) is 0 Å². The Bertz CT molecular complexity index is 409. The van der Waals surface area contributed by atoms with Gasteiger partial charge in [-0.25, -0.2) is 0 Å². The number of fused-ring (bicyclic) bond motifs is 1. The van der Waals surface area contributed by atoms with Gasteiger partial charge in [0.05, 0.1) is 0 Å². The summed E-state index contributed by atoms with van der Waals surface area (Å²) in [6, 6.07) is 6.09. The third kappa shape index (κ3) is 1.84. The average Bonchev–Trinajstić information content (AvgIpc) is 2.72. The fraction of sp³-hybridized carbons (Fsp3) is 0.500. The predicted octanol–water partition coefficient (Wildman–Crippen LogP) is 2.91. The van der Waals surface area contributed by atoms with E-state index < -0.39 is 0 Å². The van der Waals surface area contributed by atoms with Crippen LogP contribution in [0.25, 0.3) is 0 Å². The number of carbonyl (C=O) groups excluding carboxylic acids is 1. The SMILES string of the molecule is CCC(C)C(=O)C1Cc2cccc(C)c2O1. The second-order valence-corrected chi connectivity index (χ2v) is 4.59. The maximum Gasteiger partial charge on any atom is 0.176 e. The third-order valence-electron chi connectivity index (χ3n) is 3.37. The summed E-state index contributed by atoms with van der Waals surface area (Å²) in [6.45, 7) is 6.03. The molecule has 0 aromatic heterocycles.